The smallest absolute Gasteiger partial charge is 0.226 e. The maximum Gasteiger partial charge on any atom is 0.226 e. The van der Waals surface area contributed by atoms with Gasteiger partial charge in [-0.1, -0.05) is 12.1 Å². The number of methoxy groups -OCH3 is 1. The van der Waals surface area contributed by atoms with Crippen molar-refractivity contribution in [1.82, 2.24) is 14.8 Å². The first-order valence-electron chi connectivity index (χ1n) is 8.79. The number of benzene rings is 2. The minimum absolute atomic E-state index is 0.0686. The van der Waals surface area contributed by atoms with Crippen LogP contribution in [0.25, 0.3) is 21.8 Å². The van der Waals surface area contributed by atoms with Crippen molar-refractivity contribution in [2.45, 2.75) is 19.9 Å². The van der Waals surface area contributed by atoms with Crippen molar-refractivity contribution in [3.8, 4) is 5.75 Å². The Kier molecular flexibility index (Phi) is 4.46. The number of aromatic nitrogens is 3. The summed E-state index contributed by atoms with van der Waals surface area (Å²) in [5, 5.41) is 9.38. The van der Waals surface area contributed by atoms with Crippen molar-refractivity contribution in [3.05, 3.63) is 60.4 Å². The third kappa shape index (κ3) is 3.46. The van der Waals surface area contributed by atoms with Crippen LogP contribution in [0.4, 0.5) is 5.69 Å². The van der Waals surface area contributed by atoms with Crippen LogP contribution in [-0.4, -0.2) is 27.8 Å². The first kappa shape index (κ1) is 17.0. The first-order valence-corrected chi connectivity index (χ1v) is 8.79. The van der Waals surface area contributed by atoms with Crippen molar-refractivity contribution >= 4 is 33.4 Å². The van der Waals surface area contributed by atoms with Gasteiger partial charge in [0, 0.05) is 23.3 Å². The molecule has 0 atom stereocenters. The van der Waals surface area contributed by atoms with E-state index in [1.807, 2.05) is 47.3 Å². The Morgan fingerprint density at radius 1 is 1.19 bits per heavy atom. The zero-order chi connectivity index (χ0) is 18.8. The van der Waals surface area contributed by atoms with E-state index in [4.69, 9.17) is 4.74 Å². The van der Waals surface area contributed by atoms with Crippen LogP contribution < -0.4 is 10.1 Å². The van der Waals surface area contributed by atoms with Gasteiger partial charge in [0.2, 0.25) is 5.91 Å². The molecular weight excluding hydrogens is 340 g/mol. The fourth-order valence-electron chi connectivity index (χ4n) is 3.15. The second-order valence-electron chi connectivity index (χ2n) is 6.46. The number of pyridine rings is 1. The molecule has 1 N–H and O–H groups in total. The number of amides is 1. The van der Waals surface area contributed by atoms with Crippen LogP contribution in [0.2, 0.25) is 0 Å². The number of nitrogens with zero attached hydrogens (tertiary/aromatic N) is 3. The van der Waals surface area contributed by atoms with Gasteiger partial charge in [-0.05, 0) is 36.8 Å². The molecule has 6 heteroatoms. The number of carbonyl (C=O) groups excluding carboxylic acids is 1. The molecule has 27 heavy (non-hydrogen) atoms. The summed E-state index contributed by atoms with van der Waals surface area (Å²) in [5.41, 5.74) is 3.73. The lowest BCUT2D eigenvalue weighted by Crippen LogP contribution is -2.15. The second kappa shape index (κ2) is 7.07. The van der Waals surface area contributed by atoms with Gasteiger partial charge in [0.25, 0.3) is 0 Å². The highest BCUT2D eigenvalue weighted by Gasteiger charge is 2.08. The summed E-state index contributed by atoms with van der Waals surface area (Å²) in [4.78, 5) is 16.7. The van der Waals surface area contributed by atoms with Crippen molar-refractivity contribution in [2.75, 3.05) is 12.4 Å². The Morgan fingerprint density at radius 3 is 2.93 bits per heavy atom. The lowest BCUT2D eigenvalue weighted by atomic mass is 10.1. The average Bonchev–Trinajstić information content (AvgIpc) is 3.10. The van der Waals surface area contributed by atoms with Crippen LogP contribution in [0.1, 0.15) is 12.0 Å². The maximum atomic E-state index is 12.3. The topological polar surface area (TPSA) is 69.0 Å². The molecule has 2 heterocycles. The Hall–Kier alpha value is -3.41. The number of ether oxygens (including phenoxy) is 1. The highest BCUT2D eigenvalue weighted by Crippen LogP contribution is 2.22. The minimum atomic E-state index is -0.0686. The quantitative estimate of drug-likeness (QED) is 0.585. The van der Waals surface area contributed by atoms with Gasteiger partial charge in [-0.15, -0.1) is 0 Å². The number of fused-ring (bicyclic) bond motifs is 2. The number of nitrogens with one attached hydrogen (secondary N) is 1. The Balaban J connectivity index is 1.44. The van der Waals surface area contributed by atoms with E-state index in [0.29, 0.717) is 18.7 Å². The molecule has 4 rings (SSSR count). The zero-order valence-electron chi connectivity index (χ0n) is 15.3. The molecule has 0 saturated carbocycles. The highest BCUT2D eigenvalue weighted by atomic mass is 16.5. The maximum absolute atomic E-state index is 12.3. The van der Waals surface area contributed by atoms with Gasteiger partial charge in [0.05, 0.1) is 42.8 Å². The summed E-state index contributed by atoms with van der Waals surface area (Å²) in [6.07, 6.45) is 3.85. The number of hydrogen-bond donors (Lipinski definition) is 1. The molecule has 0 bridgehead atoms. The number of aryl methyl sites for hydroxylation is 2. The summed E-state index contributed by atoms with van der Waals surface area (Å²) in [6.45, 7) is 2.58. The molecule has 0 spiro atoms. The molecule has 0 saturated heterocycles. The van der Waals surface area contributed by atoms with E-state index in [-0.39, 0.29) is 5.91 Å². The van der Waals surface area contributed by atoms with Gasteiger partial charge >= 0.3 is 0 Å². The summed E-state index contributed by atoms with van der Waals surface area (Å²) < 4.78 is 7.07. The van der Waals surface area contributed by atoms with E-state index in [1.165, 1.54) is 5.56 Å². The van der Waals surface area contributed by atoms with Gasteiger partial charge in [-0.2, -0.15) is 5.10 Å². The van der Waals surface area contributed by atoms with Gasteiger partial charge in [-0.25, -0.2) is 0 Å². The molecular formula is C21H20N4O2. The van der Waals surface area contributed by atoms with Crippen LogP contribution in [0, 0.1) is 6.92 Å². The summed E-state index contributed by atoms with van der Waals surface area (Å²) >= 11 is 0. The Labute approximate surface area is 156 Å². The van der Waals surface area contributed by atoms with E-state index in [2.05, 4.69) is 28.4 Å². The molecule has 0 aliphatic carbocycles. The normalized spacial score (nSPS) is 11.0. The summed E-state index contributed by atoms with van der Waals surface area (Å²) in [5.74, 6) is 0.689. The minimum Gasteiger partial charge on any atom is -0.497 e. The van der Waals surface area contributed by atoms with Gasteiger partial charge in [-0.3, -0.25) is 14.5 Å². The molecule has 2 aromatic carbocycles. The monoisotopic (exact) mass is 360 g/mol. The van der Waals surface area contributed by atoms with Crippen molar-refractivity contribution < 1.29 is 9.53 Å². The van der Waals surface area contributed by atoms with Gasteiger partial charge in [0.1, 0.15) is 5.75 Å². The van der Waals surface area contributed by atoms with Crippen molar-refractivity contribution in [3.63, 3.8) is 0 Å². The highest BCUT2D eigenvalue weighted by molar-refractivity contribution is 5.93. The first-order chi connectivity index (χ1) is 13.1. The van der Waals surface area contributed by atoms with Crippen molar-refractivity contribution in [2.24, 2.45) is 0 Å². The number of carbonyl (C=O) groups is 1. The van der Waals surface area contributed by atoms with Gasteiger partial charge in [0.15, 0.2) is 0 Å². The van der Waals surface area contributed by atoms with E-state index in [1.54, 1.807) is 13.3 Å². The molecule has 0 unspecified atom stereocenters. The lowest BCUT2D eigenvalue weighted by molar-refractivity contribution is -0.116. The van der Waals surface area contributed by atoms with Crippen molar-refractivity contribution in [1.29, 1.82) is 0 Å². The number of rotatable bonds is 5. The second-order valence-corrected chi connectivity index (χ2v) is 6.46. The van der Waals surface area contributed by atoms with Crippen LogP contribution in [0.15, 0.2) is 54.9 Å². The predicted molar refractivity (Wildman–Crippen MR) is 106 cm³/mol. The van der Waals surface area contributed by atoms with E-state index >= 15 is 0 Å². The zero-order valence-corrected chi connectivity index (χ0v) is 15.3. The average molecular weight is 360 g/mol. The molecule has 4 aromatic rings. The Morgan fingerprint density at radius 2 is 2.07 bits per heavy atom. The van der Waals surface area contributed by atoms with Crippen LogP contribution in [0.3, 0.4) is 0 Å². The summed E-state index contributed by atoms with van der Waals surface area (Å²) in [7, 11) is 1.62. The Bertz CT molecular complexity index is 1130. The fraction of sp³-hybridized carbons (Fsp3) is 0.190. The number of hydrogen-bond acceptors (Lipinski definition) is 4. The van der Waals surface area contributed by atoms with Crippen LogP contribution >= 0.6 is 0 Å². The van der Waals surface area contributed by atoms with Gasteiger partial charge < -0.3 is 10.1 Å². The van der Waals surface area contributed by atoms with Crippen LogP contribution in [0.5, 0.6) is 5.75 Å². The molecule has 0 aliphatic rings. The third-order valence-electron chi connectivity index (χ3n) is 4.63. The standard InChI is InChI=1S/C21H20N4O2/c1-14-4-3-5-20-18(14)13-23-25(20)9-8-21(26)24-16-10-15-6-7-17(27-2)11-19(15)22-12-16/h3-7,10-13H,8-9H2,1-2H3,(H,24,26). The van der Waals surface area contributed by atoms with E-state index in [0.717, 1.165) is 27.6 Å². The fourth-order valence-corrected chi connectivity index (χ4v) is 3.15. The van der Waals surface area contributed by atoms with E-state index in [9.17, 15) is 4.79 Å². The number of anilines is 1. The lowest BCUT2D eigenvalue weighted by Gasteiger charge is -2.08. The SMILES string of the molecule is COc1ccc2cc(NC(=O)CCn3ncc4c(C)cccc43)cnc2c1. The predicted octanol–water partition coefficient (Wildman–Crippen LogP) is 3.93. The largest absolute Gasteiger partial charge is 0.497 e. The summed E-state index contributed by atoms with van der Waals surface area (Å²) in [6, 6.07) is 13.7. The molecule has 6 nitrogen and oxygen atoms in total. The van der Waals surface area contributed by atoms with Crippen LogP contribution in [-0.2, 0) is 11.3 Å². The molecule has 0 radical (unpaired) electrons. The molecule has 136 valence electrons. The third-order valence-corrected chi connectivity index (χ3v) is 4.63. The molecule has 2 aromatic heterocycles. The molecule has 1 amide bonds. The van der Waals surface area contributed by atoms with E-state index < -0.39 is 0 Å². The molecule has 0 fully saturated rings. The molecule has 0 aliphatic heterocycles.